The summed E-state index contributed by atoms with van der Waals surface area (Å²) in [6, 6.07) is 0.347. The molecule has 0 radical (unpaired) electrons. The van der Waals surface area contributed by atoms with E-state index >= 15 is 0 Å². The monoisotopic (exact) mass is 318 g/mol. The van der Waals surface area contributed by atoms with Gasteiger partial charge in [-0.05, 0) is 0 Å². The molecule has 0 aromatic heterocycles. The number of ether oxygens (including phenoxy) is 1. The molecule has 1 atom stereocenters. The third-order valence-electron chi connectivity index (χ3n) is 3.29. The van der Waals surface area contributed by atoms with Gasteiger partial charge in [0.1, 0.15) is 23.4 Å². The van der Waals surface area contributed by atoms with Gasteiger partial charge in [0, 0.05) is 44.9 Å². The SMILES string of the molecule is COc1cc(F)c(C(N)C(=O)N(C)CC(CO)CO)c(F)c1. The lowest BCUT2D eigenvalue weighted by Crippen LogP contribution is -2.40. The van der Waals surface area contributed by atoms with Crippen LogP contribution in [-0.4, -0.2) is 54.9 Å². The standard InChI is InChI=1S/C14H20F2N2O4/c1-18(5-8(6-19)7-20)14(21)13(17)12-10(15)3-9(22-2)4-11(12)16/h3-4,8,13,19-20H,5-7,17H2,1-2H3. The number of nitrogens with two attached hydrogens (primary N) is 1. The number of benzene rings is 1. The normalized spacial score (nSPS) is 12.4. The average molecular weight is 318 g/mol. The van der Waals surface area contributed by atoms with Crippen LogP contribution in [0, 0.1) is 17.6 Å². The summed E-state index contributed by atoms with van der Waals surface area (Å²) in [6.45, 7) is -0.637. The van der Waals surface area contributed by atoms with Crippen molar-refractivity contribution in [3.8, 4) is 5.75 Å². The predicted molar refractivity (Wildman–Crippen MR) is 75.1 cm³/mol. The van der Waals surface area contributed by atoms with E-state index in [1.54, 1.807) is 0 Å². The average Bonchev–Trinajstić information content (AvgIpc) is 2.50. The van der Waals surface area contributed by atoms with Gasteiger partial charge in [0.2, 0.25) is 5.91 Å². The topological polar surface area (TPSA) is 96.0 Å². The number of methoxy groups -OCH3 is 1. The Kier molecular flexibility index (Phi) is 6.66. The fraction of sp³-hybridized carbons (Fsp3) is 0.500. The first-order valence-corrected chi connectivity index (χ1v) is 6.60. The van der Waals surface area contributed by atoms with E-state index in [-0.39, 0.29) is 25.5 Å². The largest absolute Gasteiger partial charge is 0.497 e. The Labute approximate surface area is 127 Å². The molecule has 0 saturated heterocycles. The molecule has 0 fully saturated rings. The number of hydrogen-bond donors (Lipinski definition) is 3. The number of nitrogens with zero attached hydrogens (tertiary/aromatic N) is 1. The van der Waals surface area contributed by atoms with Crippen molar-refractivity contribution in [2.24, 2.45) is 11.7 Å². The van der Waals surface area contributed by atoms with Gasteiger partial charge in [0.05, 0.1) is 12.7 Å². The lowest BCUT2D eigenvalue weighted by Gasteiger charge is -2.25. The van der Waals surface area contributed by atoms with Gasteiger partial charge in [0.15, 0.2) is 0 Å². The summed E-state index contributed by atoms with van der Waals surface area (Å²) in [7, 11) is 2.64. The molecule has 0 saturated carbocycles. The number of carbonyl (C=O) groups is 1. The van der Waals surface area contributed by atoms with Crippen LogP contribution in [0.1, 0.15) is 11.6 Å². The first-order valence-electron chi connectivity index (χ1n) is 6.60. The fourth-order valence-corrected chi connectivity index (χ4v) is 1.99. The van der Waals surface area contributed by atoms with Gasteiger partial charge in [-0.2, -0.15) is 0 Å². The van der Waals surface area contributed by atoms with Crippen LogP contribution in [0.15, 0.2) is 12.1 Å². The van der Waals surface area contributed by atoms with Crippen LogP contribution in [0.5, 0.6) is 5.75 Å². The van der Waals surface area contributed by atoms with Crippen molar-refractivity contribution in [2.45, 2.75) is 6.04 Å². The second kappa shape index (κ2) is 8.02. The highest BCUT2D eigenvalue weighted by Crippen LogP contribution is 2.25. The number of likely N-dealkylation sites (N-methyl/N-ethyl adjacent to an activating group) is 1. The summed E-state index contributed by atoms with van der Waals surface area (Å²) >= 11 is 0. The Morgan fingerprint density at radius 3 is 2.23 bits per heavy atom. The second-order valence-corrected chi connectivity index (χ2v) is 4.93. The smallest absolute Gasteiger partial charge is 0.244 e. The van der Waals surface area contributed by atoms with Crippen molar-refractivity contribution < 1.29 is 28.5 Å². The van der Waals surface area contributed by atoms with E-state index < -0.39 is 35.1 Å². The molecule has 1 rings (SSSR count). The van der Waals surface area contributed by atoms with Crippen molar-refractivity contribution in [3.05, 3.63) is 29.3 Å². The quantitative estimate of drug-likeness (QED) is 0.659. The van der Waals surface area contributed by atoms with Gasteiger partial charge in [0.25, 0.3) is 0 Å². The number of amides is 1. The molecule has 0 aliphatic heterocycles. The van der Waals surface area contributed by atoms with Gasteiger partial charge < -0.3 is 25.6 Å². The first kappa shape index (κ1) is 18.3. The zero-order valence-electron chi connectivity index (χ0n) is 12.4. The molecule has 0 aliphatic rings. The van der Waals surface area contributed by atoms with E-state index in [0.29, 0.717) is 0 Å². The van der Waals surface area contributed by atoms with E-state index in [0.717, 1.165) is 17.0 Å². The molecule has 22 heavy (non-hydrogen) atoms. The molecule has 0 spiro atoms. The number of halogens is 2. The highest BCUT2D eigenvalue weighted by Gasteiger charge is 2.27. The Morgan fingerprint density at radius 1 is 1.32 bits per heavy atom. The first-order chi connectivity index (χ1) is 10.3. The van der Waals surface area contributed by atoms with Gasteiger partial charge in [-0.25, -0.2) is 8.78 Å². The number of aliphatic hydroxyl groups is 2. The Hall–Kier alpha value is -1.77. The van der Waals surface area contributed by atoms with Crippen LogP contribution in [0.25, 0.3) is 0 Å². The van der Waals surface area contributed by atoms with Crippen LogP contribution < -0.4 is 10.5 Å². The number of hydrogen-bond acceptors (Lipinski definition) is 5. The summed E-state index contributed by atoms with van der Waals surface area (Å²) in [5.74, 6) is -3.26. The molecule has 1 unspecified atom stereocenters. The summed E-state index contributed by atoms with van der Waals surface area (Å²) < 4.78 is 32.6. The molecule has 4 N–H and O–H groups in total. The summed E-state index contributed by atoms with van der Waals surface area (Å²) in [6.07, 6.45) is 0. The molecule has 0 bridgehead atoms. The minimum atomic E-state index is -1.53. The van der Waals surface area contributed by atoms with Gasteiger partial charge in [-0.1, -0.05) is 0 Å². The van der Waals surface area contributed by atoms with Crippen LogP contribution in [0.4, 0.5) is 8.78 Å². The third kappa shape index (κ3) is 4.12. The van der Waals surface area contributed by atoms with E-state index in [4.69, 9.17) is 20.7 Å². The lowest BCUT2D eigenvalue weighted by molar-refractivity contribution is -0.132. The Morgan fingerprint density at radius 2 is 1.82 bits per heavy atom. The van der Waals surface area contributed by atoms with Crippen molar-refractivity contribution in [1.82, 2.24) is 4.90 Å². The van der Waals surface area contributed by atoms with E-state index in [1.165, 1.54) is 14.2 Å². The second-order valence-electron chi connectivity index (χ2n) is 4.93. The van der Waals surface area contributed by atoms with Crippen LogP contribution in [0.3, 0.4) is 0 Å². The molecule has 1 aromatic carbocycles. The molecule has 8 heteroatoms. The minimum Gasteiger partial charge on any atom is -0.497 e. The van der Waals surface area contributed by atoms with E-state index in [9.17, 15) is 13.6 Å². The van der Waals surface area contributed by atoms with E-state index in [2.05, 4.69) is 0 Å². The molecular formula is C14H20F2N2O4. The van der Waals surface area contributed by atoms with Crippen LogP contribution in [0.2, 0.25) is 0 Å². The fourth-order valence-electron chi connectivity index (χ4n) is 1.99. The highest BCUT2D eigenvalue weighted by atomic mass is 19.1. The van der Waals surface area contributed by atoms with Crippen molar-refractivity contribution in [2.75, 3.05) is 33.9 Å². The maximum absolute atomic E-state index is 13.9. The zero-order chi connectivity index (χ0) is 16.9. The summed E-state index contributed by atoms with van der Waals surface area (Å²) in [4.78, 5) is 13.3. The summed E-state index contributed by atoms with van der Waals surface area (Å²) in [5, 5.41) is 18.0. The van der Waals surface area contributed by atoms with Gasteiger partial charge in [-0.15, -0.1) is 0 Å². The Balaban J connectivity index is 2.95. The van der Waals surface area contributed by atoms with Crippen molar-refractivity contribution in [1.29, 1.82) is 0 Å². The third-order valence-corrected chi connectivity index (χ3v) is 3.29. The van der Waals surface area contributed by atoms with Gasteiger partial charge >= 0.3 is 0 Å². The maximum Gasteiger partial charge on any atom is 0.244 e. The summed E-state index contributed by atoms with van der Waals surface area (Å²) in [5.41, 5.74) is 5.10. The molecule has 0 aliphatic carbocycles. The molecule has 124 valence electrons. The lowest BCUT2D eigenvalue weighted by atomic mass is 10.0. The molecule has 1 amide bonds. The van der Waals surface area contributed by atoms with E-state index in [1.807, 2.05) is 0 Å². The van der Waals surface area contributed by atoms with Crippen LogP contribution in [-0.2, 0) is 4.79 Å². The predicted octanol–water partition coefficient (Wildman–Crippen LogP) is 0.0324. The highest BCUT2D eigenvalue weighted by molar-refractivity contribution is 5.83. The molecule has 0 heterocycles. The maximum atomic E-state index is 13.9. The van der Waals surface area contributed by atoms with Gasteiger partial charge in [-0.3, -0.25) is 4.79 Å². The number of rotatable bonds is 7. The number of carbonyl (C=O) groups excluding carboxylic acids is 1. The zero-order valence-corrected chi connectivity index (χ0v) is 12.4. The Bertz CT molecular complexity index is 501. The minimum absolute atomic E-state index is 0.0128. The van der Waals surface area contributed by atoms with Crippen LogP contribution >= 0.6 is 0 Å². The molecule has 1 aromatic rings. The van der Waals surface area contributed by atoms with Crippen molar-refractivity contribution in [3.63, 3.8) is 0 Å². The number of aliphatic hydroxyl groups excluding tert-OH is 2. The molecular weight excluding hydrogens is 298 g/mol. The molecule has 6 nitrogen and oxygen atoms in total. The van der Waals surface area contributed by atoms with Crippen molar-refractivity contribution >= 4 is 5.91 Å².